The second kappa shape index (κ2) is 10.3. The normalized spacial score (nSPS) is 14.2. The summed E-state index contributed by atoms with van der Waals surface area (Å²) in [5.74, 6) is 1.37. The van der Waals surface area contributed by atoms with Crippen LogP contribution in [-0.2, 0) is 4.79 Å². The van der Waals surface area contributed by atoms with Gasteiger partial charge in [-0.15, -0.1) is 0 Å². The first-order chi connectivity index (χ1) is 14.1. The van der Waals surface area contributed by atoms with Crippen molar-refractivity contribution in [2.24, 2.45) is 0 Å². The maximum absolute atomic E-state index is 12.6. The summed E-state index contributed by atoms with van der Waals surface area (Å²) in [7, 11) is 0. The second-order valence-corrected chi connectivity index (χ2v) is 7.58. The predicted octanol–water partition coefficient (Wildman–Crippen LogP) is 4.16. The Hall–Kier alpha value is -2.49. The number of ether oxygens (including phenoxy) is 1. The molecular weight excluding hydrogens is 411 g/mol. The van der Waals surface area contributed by atoms with Crippen molar-refractivity contribution in [1.29, 1.82) is 5.26 Å². The zero-order valence-corrected chi connectivity index (χ0v) is 17.5. The van der Waals surface area contributed by atoms with Gasteiger partial charge in [-0.2, -0.15) is 5.26 Å². The molecule has 29 heavy (non-hydrogen) atoms. The molecule has 0 saturated carbocycles. The van der Waals surface area contributed by atoms with Gasteiger partial charge in [-0.3, -0.25) is 4.79 Å². The summed E-state index contributed by atoms with van der Waals surface area (Å²) in [6.45, 7) is 3.16. The van der Waals surface area contributed by atoms with Crippen LogP contribution in [0.5, 0.6) is 5.75 Å². The van der Waals surface area contributed by atoms with Gasteiger partial charge in [0.25, 0.3) is 0 Å². The molecule has 1 amide bonds. The van der Waals surface area contributed by atoms with Crippen LogP contribution in [0.25, 0.3) is 0 Å². The van der Waals surface area contributed by atoms with Crippen molar-refractivity contribution in [2.45, 2.75) is 19.3 Å². The third kappa shape index (κ3) is 5.75. The van der Waals surface area contributed by atoms with E-state index in [2.05, 4.69) is 16.0 Å². The molecule has 6 nitrogen and oxygen atoms in total. The molecule has 0 spiro atoms. The minimum Gasteiger partial charge on any atom is -0.492 e. The van der Waals surface area contributed by atoms with Gasteiger partial charge in [0.15, 0.2) is 0 Å². The number of pyridine rings is 1. The fraction of sp³-hybridized carbons (Fsp3) is 0.381. The minimum atomic E-state index is 0.110. The van der Waals surface area contributed by atoms with Crippen molar-refractivity contribution in [2.75, 3.05) is 37.7 Å². The van der Waals surface area contributed by atoms with Gasteiger partial charge in [0.1, 0.15) is 17.6 Å². The Labute approximate surface area is 180 Å². The molecule has 3 rings (SSSR count). The summed E-state index contributed by atoms with van der Waals surface area (Å²) in [6.07, 6.45) is 3.55. The molecule has 1 aliphatic heterocycles. The number of hydrogen-bond acceptors (Lipinski definition) is 5. The van der Waals surface area contributed by atoms with Crippen LogP contribution in [0.2, 0.25) is 10.0 Å². The Kier molecular flexibility index (Phi) is 7.56. The molecule has 8 heteroatoms. The highest BCUT2D eigenvalue weighted by Crippen LogP contribution is 2.27. The van der Waals surface area contributed by atoms with Gasteiger partial charge in [-0.1, -0.05) is 23.2 Å². The quantitative estimate of drug-likeness (QED) is 0.640. The molecule has 152 valence electrons. The minimum absolute atomic E-state index is 0.110. The largest absolute Gasteiger partial charge is 0.492 e. The first kappa shape index (κ1) is 21.2. The molecule has 2 aromatic rings. The lowest BCUT2D eigenvalue weighted by Gasteiger charge is -2.23. The van der Waals surface area contributed by atoms with Crippen molar-refractivity contribution in [3.8, 4) is 11.8 Å². The van der Waals surface area contributed by atoms with Gasteiger partial charge in [-0.25, -0.2) is 4.98 Å². The lowest BCUT2D eigenvalue weighted by Crippen LogP contribution is -2.35. The molecule has 1 aliphatic rings. The second-order valence-electron chi connectivity index (χ2n) is 6.73. The summed E-state index contributed by atoms with van der Waals surface area (Å²) >= 11 is 12.0. The number of benzene rings is 1. The van der Waals surface area contributed by atoms with Gasteiger partial charge >= 0.3 is 0 Å². The van der Waals surface area contributed by atoms with Crippen molar-refractivity contribution in [3.63, 3.8) is 0 Å². The molecule has 1 saturated heterocycles. The average molecular weight is 433 g/mol. The van der Waals surface area contributed by atoms with Crippen LogP contribution >= 0.6 is 23.2 Å². The van der Waals surface area contributed by atoms with Crippen molar-refractivity contribution in [3.05, 3.63) is 52.1 Å². The van der Waals surface area contributed by atoms with E-state index in [1.54, 1.807) is 36.5 Å². The molecular formula is C21H22Cl2N4O2. The lowest BCUT2D eigenvalue weighted by molar-refractivity contribution is -0.131. The highest BCUT2D eigenvalue weighted by molar-refractivity contribution is 6.35. The Morgan fingerprint density at radius 1 is 1.21 bits per heavy atom. The van der Waals surface area contributed by atoms with Gasteiger partial charge < -0.3 is 14.5 Å². The molecule has 1 fully saturated rings. The fourth-order valence-electron chi connectivity index (χ4n) is 3.27. The number of amides is 1. The van der Waals surface area contributed by atoms with Crippen LogP contribution in [0.4, 0.5) is 5.82 Å². The van der Waals surface area contributed by atoms with Crippen molar-refractivity contribution in [1.82, 2.24) is 9.88 Å². The Balaban J connectivity index is 1.46. The monoisotopic (exact) mass is 432 g/mol. The van der Waals surface area contributed by atoms with Gasteiger partial charge in [0, 0.05) is 43.8 Å². The molecule has 0 N–H and O–H groups in total. The number of halogens is 2. The standard InChI is InChI=1S/C21H22Cl2N4O2/c22-17-6-7-19(18(23)14-17)29-13-2-5-20(28)26-9-3-10-27(12-11-26)21-16(15-24)4-1-8-25-21/h1,4,6-8,14H,2-3,5,9-13H2. The summed E-state index contributed by atoms with van der Waals surface area (Å²) in [5, 5.41) is 10.3. The smallest absolute Gasteiger partial charge is 0.222 e. The number of hydrogen-bond donors (Lipinski definition) is 0. The molecule has 1 aromatic carbocycles. The zero-order valence-electron chi connectivity index (χ0n) is 16.0. The first-order valence-electron chi connectivity index (χ1n) is 9.54. The summed E-state index contributed by atoms with van der Waals surface area (Å²) < 4.78 is 5.65. The number of rotatable bonds is 6. The van der Waals surface area contributed by atoms with Gasteiger partial charge in [-0.05, 0) is 43.2 Å². The maximum atomic E-state index is 12.6. The van der Waals surface area contributed by atoms with E-state index in [1.165, 1.54) is 0 Å². The topological polar surface area (TPSA) is 69.5 Å². The molecule has 1 aromatic heterocycles. The van der Waals surface area contributed by atoms with E-state index < -0.39 is 0 Å². The molecule has 0 aliphatic carbocycles. The Morgan fingerprint density at radius 3 is 2.86 bits per heavy atom. The molecule has 0 radical (unpaired) electrons. The highest BCUT2D eigenvalue weighted by atomic mass is 35.5. The summed E-state index contributed by atoms with van der Waals surface area (Å²) in [4.78, 5) is 20.9. The van der Waals surface area contributed by atoms with Crippen LogP contribution in [0.1, 0.15) is 24.8 Å². The van der Waals surface area contributed by atoms with Gasteiger partial charge in [0.05, 0.1) is 17.2 Å². The number of carbonyl (C=O) groups is 1. The van der Waals surface area contributed by atoms with Crippen LogP contribution in [0.15, 0.2) is 36.5 Å². The van der Waals surface area contributed by atoms with E-state index in [-0.39, 0.29) is 5.91 Å². The zero-order chi connectivity index (χ0) is 20.6. The SMILES string of the molecule is N#Cc1cccnc1N1CCCN(C(=O)CCCOc2ccc(Cl)cc2Cl)CC1. The lowest BCUT2D eigenvalue weighted by atomic mass is 10.2. The number of nitriles is 1. The van der Waals surface area contributed by atoms with E-state index in [1.807, 2.05) is 4.90 Å². The molecule has 0 bridgehead atoms. The van der Waals surface area contributed by atoms with E-state index >= 15 is 0 Å². The van der Waals surface area contributed by atoms with Crippen molar-refractivity contribution >= 4 is 34.9 Å². The van der Waals surface area contributed by atoms with E-state index in [4.69, 9.17) is 27.9 Å². The first-order valence-corrected chi connectivity index (χ1v) is 10.3. The van der Waals surface area contributed by atoms with E-state index in [0.29, 0.717) is 66.3 Å². The van der Waals surface area contributed by atoms with Crippen molar-refractivity contribution < 1.29 is 9.53 Å². The summed E-state index contributed by atoms with van der Waals surface area (Å²) in [5.41, 5.74) is 0.560. The summed E-state index contributed by atoms with van der Waals surface area (Å²) in [6, 6.07) is 10.8. The number of carbonyl (C=O) groups excluding carboxylic acids is 1. The van der Waals surface area contributed by atoms with Gasteiger partial charge in [0.2, 0.25) is 5.91 Å². The molecule has 0 unspecified atom stereocenters. The van der Waals surface area contributed by atoms with Crippen LogP contribution in [-0.4, -0.2) is 48.6 Å². The third-order valence-corrected chi connectivity index (χ3v) is 5.27. The average Bonchev–Trinajstić information content (AvgIpc) is 2.98. The Morgan fingerprint density at radius 2 is 2.07 bits per heavy atom. The van der Waals surface area contributed by atoms with E-state index in [0.717, 1.165) is 13.0 Å². The fourth-order valence-corrected chi connectivity index (χ4v) is 3.73. The van der Waals surface area contributed by atoms with Crippen LogP contribution < -0.4 is 9.64 Å². The number of anilines is 1. The van der Waals surface area contributed by atoms with E-state index in [9.17, 15) is 10.1 Å². The number of aromatic nitrogens is 1. The maximum Gasteiger partial charge on any atom is 0.222 e. The van der Waals surface area contributed by atoms with Crippen LogP contribution in [0.3, 0.4) is 0 Å². The van der Waals surface area contributed by atoms with Crippen LogP contribution in [0, 0.1) is 11.3 Å². The highest BCUT2D eigenvalue weighted by Gasteiger charge is 2.21. The molecule has 2 heterocycles. The number of nitrogens with zero attached hydrogens (tertiary/aromatic N) is 4. The Bertz CT molecular complexity index is 900. The molecule has 0 atom stereocenters. The third-order valence-electron chi connectivity index (χ3n) is 4.74. The predicted molar refractivity (Wildman–Crippen MR) is 114 cm³/mol.